The molecule has 1 aliphatic rings. The summed E-state index contributed by atoms with van der Waals surface area (Å²) in [5.74, 6) is -1.16. The summed E-state index contributed by atoms with van der Waals surface area (Å²) in [5, 5.41) is 19.9. The Morgan fingerprint density at radius 1 is 1.27 bits per heavy atom. The Morgan fingerprint density at radius 3 is 2.68 bits per heavy atom. The van der Waals surface area contributed by atoms with Crippen molar-refractivity contribution in [1.82, 2.24) is 20.3 Å². The molecule has 0 unspecified atom stereocenters. The maximum absolute atomic E-state index is 12.3. The molecule has 1 aromatic heterocycles. The number of nitrogens with one attached hydrogen (secondary N) is 1. The summed E-state index contributed by atoms with van der Waals surface area (Å²) in [6.07, 6.45) is 2.64. The number of hydrogen-bond donors (Lipinski definition) is 2. The predicted octanol–water partition coefficient (Wildman–Crippen LogP) is 1.34. The highest BCUT2D eigenvalue weighted by Crippen LogP contribution is 2.24. The molecule has 1 aromatic carbocycles. The number of carbonyl (C=O) groups excluding carboxylic acids is 1. The molecular formula is C15H18N4O3. The molecule has 22 heavy (non-hydrogen) atoms. The van der Waals surface area contributed by atoms with Crippen LogP contribution in [0.1, 0.15) is 36.0 Å². The summed E-state index contributed by atoms with van der Waals surface area (Å²) in [6.45, 7) is 0. The fourth-order valence-corrected chi connectivity index (χ4v) is 2.94. The first kappa shape index (κ1) is 14.5. The van der Waals surface area contributed by atoms with Gasteiger partial charge in [-0.05, 0) is 43.9 Å². The molecule has 0 atom stereocenters. The third-order valence-corrected chi connectivity index (χ3v) is 4.28. The third kappa shape index (κ3) is 2.79. The van der Waals surface area contributed by atoms with E-state index in [2.05, 4.69) is 15.6 Å². The monoisotopic (exact) mass is 302 g/mol. The lowest BCUT2D eigenvalue weighted by molar-refractivity contribution is -0.142. The van der Waals surface area contributed by atoms with Crippen LogP contribution in [0.25, 0.3) is 11.0 Å². The van der Waals surface area contributed by atoms with Crippen LogP contribution in [0.5, 0.6) is 0 Å². The van der Waals surface area contributed by atoms with E-state index >= 15 is 0 Å². The summed E-state index contributed by atoms with van der Waals surface area (Å²) in [6, 6.07) is 5.34. The number of fused-ring (bicyclic) bond motifs is 1. The topological polar surface area (TPSA) is 97.1 Å². The van der Waals surface area contributed by atoms with Crippen LogP contribution in [0.15, 0.2) is 18.2 Å². The maximum Gasteiger partial charge on any atom is 0.306 e. The molecule has 2 aromatic rings. The van der Waals surface area contributed by atoms with Crippen LogP contribution in [0.4, 0.5) is 0 Å². The molecule has 116 valence electrons. The second-order valence-corrected chi connectivity index (χ2v) is 5.78. The highest BCUT2D eigenvalue weighted by molar-refractivity contribution is 5.97. The molecule has 1 fully saturated rings. The smallest absolute Gasteiger partial charge is 0.306 e. The van der Waals surface area contributed by atoms with Crippen molar-refractivity contribution in [2.45, 2.75) is 31.7 Å². The summed E-state index contributed by atoms with van der Waals surface area (Å²) < 4.78 is 1.66. The number of carboxylic acid groups (broad SMARTS) is 1. The Hall–Kier alpha value is -2.44. The molecule has 1 saturated carbocycles. The van der Waals surface area contributed by atoms with E-state index in [4.69, 9.17) is 5.11 Å². The molecule has 1 heterocycles. The van der Waals surface area contributed by atoms with Crippen LogP contribution < -0.4 is 5.32 Å². The minimum absolute atomic E-state index is 0.0423. The van der Waals surface area contributed by atoms with Gasteiger partial charge in [-0.2, -0.15) is 0 Å². The van der Waals surface area contributed by atoms with Gasteiger partial charge in [0.15, 0.2) is 0 Å². The highest BCUT2D eigenvalue weighted by Gasteiger charge is 2.26. The Morgan fingerprint density at radius 2 is 2.00 bits per heavy atom. The molecule has 0 saturated heterocycles. The van der Waals surface area contributed by atoms with Crippen molar-refractivity contribution < 1.29 is 14.7 Å². The molecular weight excluding hydrogens is 284 g/mol. The van der Waals surface area contributed by atoms with Crippen LogP contribution in [-0.4, -0.2) is 38.0 Å². The van der Waals surface area contributed by atoms with Gasteiger partial charge in [0.25, 0.3) is 5.91 Å². The molecule has 0 bridgehead atoms. The van der Waals surface area contributed by atoms with Gasteiger partial charge < -0.3 is 10.4 Å². The molecule has 0 spiro atoms. The van der Waals surface area contributed by atoms with Crippen molar-refractivity contribution in [3.63, 3.8) is 0 Å². The van der Waals surface area contributed by atoms with Gasteiger partial charge in [-0.3, -0.25) is 9.59 Å². The van der Waals surface area contributed by atoms with Crippen molar-refractivity contribution in [2.75, 3.05) is 0 Å². The standard InChI is InChI=1S/C15H18N4O3/c1-19-13-7-4-10(8-12(13)17-18-19)14(20)16-11-5-2-9(3-6-11)15(21)22/h4,7-9,11H,2-3,5-6H2,1H3,(H,16,20)(H,21,22). The Kier molecular flexibility index (Phi) is 3.79. The van der Waals surface area contributed by atoms with Gasteiger partial charge in [-0.1, -0.05) is 5.21 Å². The van der Waals surface area contributed by atoms with Gasteiger partial charge in [0, 0.05) is 18.7 Å². The van der Waals surface area contributed by atoms with E-state index < -0.39 is 5.97 Å². The Labute approximate surface area is 127 Å². The van der Waals surface area contributed by atoms with Crippen molar-refractivity contribution in [2.24, 2.45) is 13.0 Å². The zero-order valence-corrected chi connectivity index (χ0v) is 12.3. The summed E-state index contributed by atoms with van der Waals surface area (Å²) >= 11 is 0. The zero-order chi connectivity index (χ0) is 15.7. The molecule has 7 heteroatoms. The second kappa shape index (κ2) is 5.75. The van der Waals surface area contributed by atoms with Gasteiger partial charge in [-0.25, -0.2) is 4.68 Å². The minimum atomic E-state index is -0.738. The lowest BCUT2D eigenvalue weighted by atomic mass is 9.86. The number of carbonyl (C=O) groups is 2. The van der Waals surface area contributed by atoms with Crippen LogP contribution in [0.2, 0.25) is 0 Å². The molecule has 0 radical (unpaired) electrons. The van der Waals surface area contributed by atoms with Crippen molar-refractivity contribution in [3.8, 4) is 0 Å². The maximum atomic E-state index is 12.3. The number of carboxylic acids is 1. The molecule has 7 nitrogen and oxygen atoms in total. The summed E-state index contributed by atoms with van der Waals surface area (Å²) in [5.41, 5.74) is 2.11. The number of amides is 1. The number of aromatic nitrogens is 3. The molecule has 1 aliphatic carbocycles. The van der Waals surface area contributed by atoms with Gasteiger partial charge in [0.05, 0.1) is 11.4 Å². The van der Waals surface area contributed by atoms with Crippen LogP contribution in [0, 0.1) is 5.92 Å². The van der Waals surface area contributed by atoms with E-state index in [1.165, 1.54) is 0 Å². The fourth-order valence-electron chi connectivity index (χ4n) is 2.94. The Bertz CT molecular complexity index is 717. The average Bonchev–Trinajstić information content (AvgIpc) is 2.88. The highest BCUT2D eigenvalue weighted by atomic mass is 16.4. The third-order valence-electron chi connectivity index (χ3n) is 4.28. The molecule has 0 aliphatic heterocycles. The first-order valence-electron chi connectivity index (χ1n) is 7.37. The number of aliphatic carboxylic acids is 1. The van der Waals surface area contributed by atoms with E-state index in [9.17, 15) is 9.59 Å². The van der Waals surface area contributed by atoms with E-state index in [0.29, 0.717) is 36.8 Å². The summed E-state index contributed by atoms with van der Waals surface area (Å²) in [7, 11) is 1.80. The normalized spacial score (nSPS) is 21.7. The summed E-state index contributed by atoms with van der Waals surface area (Å²) in [4.78, 5) is 23.2. The number of nitrogens with zero attached hydrogens (tertiary/aromatic N) is 3. The predicted molar refractivity (Wildman–Crippen MR) is 79.4 cm³/mol. The number of hydrogen-bond acceptors (Lipinski definition) is 4. The van der Waals surface area contributed by atoms with Gasteiger partial charge in [0.2, 0.25) is 0 Å². The number of aryl methyl sites for hydroxylation is 1. The number of benzene rings is 1. The van der Waals surface area contributed by atoms with E-state index in [1.54, 1.807) is 23.9 Å². The molecule has 1 amide bonds. The van der Waals surface area contributed by atoms with Crippen molar-refractivity contribution in [3.05, 3.63) is 23.8 Å². The molecule has 2 N–H and O–H groups in total. The SMILES string of the molecule is Cn1nnc2cc(C(=O)NC3CCC(C(=O)O)CC3)ccc21. The van der Waals surface area contributed by atoms with Gasteiger partial charge in [0.1, 0.15) is 5.52 Å². The van der Waals surface area contributed by atoms with Crippen LogP contribution in [0.3, 0.4) is 0 Å². The lowest BCUT2D eigenvalue weighted by Gasteiger charge is -2.26. The van der Waals surface area contributed by atoms with Crippen LogP contribution in [-0.2, 0) is 11.8 Å². The van der Waals surface area contributed by atoms with Gasteiger partial charge >= 0.3 is 5.97 Å². The lowest BCUT2D eigenvalue weighted by Crippen LogP contribution is -2.38. The largest absolute Gasteiger partial charge is 0.481 e. The first-order valence-corrected chi connectivity index (χ1v) is 7.37. The van der Waals surface area contributed by atoms with Crippen molar-refractivity contribution >= 4 is 22.9 Å². The fraction of sp³-hybridized carbons (Fsp3) is 0.467. The van der Waals surface area contributed by atoms with Crippen molar-refractivity contribution in [1.29, 1.82) is 0 Å². The van der Waals surface area contributed by atoms with Crippen LogP contribution >= 0.6 is 0 Å². The second-order valence-electron chi connectivity index (χ2n) is 5.78. The average molecular weight is 302 g/mol. The first-order chi connectivity index (χ1) is 10.5. The number of rotatable bonds is 3. The Balaban J connectivity index is 1.65. The van der Waals surface area contributed by atoms with Gasteiger partial charge in [-0.15, -0.1) is 5.10 Å². The van der Waals surface area contributed by atoms with E-state index in [-0.39, 0.29) is 17.9 Å². The minimum Gasteiger partial charge on any atom is -0.481 e. The van der Waals surface area contributed by atoms with E-state index in [1.807, 2.05) is 6.07 Å². The molecule has 3 rings (SSSR count). The van der Waals surface area contributed by atoms with E-state index in [0.717, 1.165) is 5.52 Å². The quantitative estimate of drug-likeness (QED) is 0.891. The zero-order valence-electron chi connectivity index (χ0n) is 12.3.